The van der Waals surface area contributed by atoms with Crippen LogP contribution in [0.15, 0.2) is 32.2 Å². The van der Waals surface area contributed by atoms with Crippen LogP contribution in [-0.4, -0.2) is 25.9 Å². The second kappa shape index (κ2) is 6.47. The first-order valence-electron chi connectivity index (χ1n) is 6.03. The maximum atomic E-state index is 12.1. The Hall–Kier alpha value is -1.25. The molecule has 0 aromatic carbocycles. The summed E-state index contributed by atoms with van der Waals surface area (Å²) in [7, 11) is -3.56. The van der Waals surface area contributed by atoms with Crippen molar-refractivity contribution in [3.05, 3.63) is 35.6 Å². The third-order valence-corrected chi connectivity index (χ3v) is 5.29. The largest absolute Gasteiger partial charge is 0.468 e. The number of aryl methyl sites for hydroxylation is 2. The van der Waals surface area contributed by atoms with Crippen molar-refractivity contribution < 1.29 is 17.4 Å². The summed E-state index contributed by atoms with van der Waals surface area (Å²) in [6, 6.07) is 3.72. The fourth-order valence-corrected chi connectivity index (χ4v) is 3.99. The number of thioether (sulfide) groups is 1. The number of hydrogen-bond donors (Lipinski definition) is 1. The fraction of sp³-hybridized carbons (Fsp3) is 0.417. The molecule has 2 rings (SSSR count). The van der Waals surface area contributed by atoms with Gasteiger partial charge in [-0.1, -0.05) is 5.16 Å². The summed E-state index contributed by atoms with van der Waals surface area (Å²) in [5, 5.41) is 3.65. The van der Waals surface area contributed by atoms with E-state index in [2.05, 4.69) is 9.88 Å². The summed E-state index contributed by atoms with van der Waals surface area (Å²) < 4.78 is 36.8. The van der Waals surface area contributed by atoms with E-state index in [1.165, 1.54) is 0 Å². The number of sulfonamides is 1. The Kier molecular flexibility index (Phi) is 4.90. The summed E-state index contributed by atoms with van der Waals surface area (Å²) in [5.74, 6) is 2.56. The van der Waals surface area contributed by atoms with Crippen LogP contribution < -0.4 is 4.72 Å². The van der Waals surface area contributed by atoms with E-state index >= 15 is 0 Å². The predicted octanol–water partition coefficient (Wildman–Crippen LogP) is 2.10. The summed E-state index contributed by atoms with van der Waals surface area (Å²) in [5.41, 5.74) is 0.373. The lowest BCUT2D eigenvalue weighted by Crippen LogP contribution is -2.26. The van der Waals surface area contributed by atoms with Crippen LogP contribution in [0, 0.1) is 13.8 Å². The van der Waals surface area contributed by atoms with Gasteiger partial charge >= 0.3 is 0 Å². The molecule has 2 aromatic rings. The molecule has 0 aliphatic carbocycles. The van der Waals surface area contributed by atoms with E-state index in [1.807, 2.05) is 12.1 Å². The summed E-state index contributed by atoms with van der Waals surface area (Å²) in [6.45, 7) is 3.54. The van der Waals surface area contributed by atoms with Gasteiger partial charge in [0.15, 0.2) is 5.76 Å². The van der Waals surface area contributed by atoms with Gasteiger partial charge in [-0.25, -0.2) is 13.1 Å². The van der Waals surface area contributed by atoms with Gasteiger partial charge in [0.2, 0.25) is 10.0 Å². The molecule has 2 aromatic heterocycles. The van der Waals surface area contributed by atoms with Crippen molar-refractivity contribution in [2.75, 3.05) is 12.3 Å². The number of aromatic nitrogens is 1. The molecule has 110 valence electrons. The third-order valence-electron chi connectivity index (χ3n) is 2.60. The maximum Gasteiger partial charge on any atom is 0.245 e. The molecule has 1 N–H and O–H groups in total. The van der Waals surface area contributed by atoms with Crippen LogP contribution in [0.5, 0.6) is 0 Å². The average molecular weight is 316 g/mol. The molecule has 0 fully saturated rings. The SMILES string of the molecule is Cc1noc(C)c1S(=O)(=O)NCCSCc1ccco1. The van der Waals surface area contributed by atoms with Crippen molar-refractivity contribution in [2.45, 2.75) is 24.5 Å². The second-order valence-corrected chi connectivity index (χ2v) is 6.99. The monoisotopic (exact) mass is 316 g/mol. The maximum absolute atomic E-state index is 12.1. The third kappa shape index (κ3) is 3.65. The highest BCUT2D eigenvalue weighted by molar-refractivity contribution is 7.98. The normalized spacial score (nSPS) is 11.9. The number of nitrogens with one attached hydrogen (secondary N) is 1. The zero-order valence-corrected chi connectivity index (χ0v) is 12.9. The van der Waals surface area contributed by atoms with Crippen LogP contribution >= 0.6 is 11.8 Å². The van der Waals surface area contributed by atoms with Gasteiger partial charge in [-0.15, -0.1) is 0 Å². The van der Waals surface area contributed by atoms with Gasteiger partial charge in [0.05, 0.1) is 12.0 Å². The van der Waals surface area contributed by atoms with Gasteiger partial charge in [-0.3, -0.25) is 0 Å². The molecule has 0 saturated carbocycles. The minimum atomic E-state index is -3.56. The topological polar surface area (TPSA) is 85.3 Å². The van der Waals surface area contributed by atoms with Gasteiger partial charge in [0.1, 0.15) is 16.3 Å². The van der Waals surface area contributed by atoms with E-state index in [9.17, 15) is 8.42 Å². The minimum Gasteiger partial charge on any atom is -0.468 e. The number of hydrogen-bond acceptors (Lipinski definition) is 6. The Morgan fingerprint density at radius 3 is 2.80 bits per heavy atom. The van der Waals surface area contributed by atoms with Gasteiger partial charge in [0.25, 0.3) is 0 Å². The number of nitrogens with zero attached hydrogens (tertiary/aromatic N) is 1. The second-order valence-electron chi connectivity index (χ2n) is 4.18. The molecule has 0 aliphatic rings. The van der Waals surface area contributed by atoms with Crippen LogP contribution in [-0.2, 0) is 15.8 Å². The first-order chi connectivity index (χ1) is 9.50. The molecule has 0 saturated heterocycles. The van der Waals surface area contributed by atoms with Crippen molar-refractivity contribution in [3.8, 4) is 0 Å². The molecule has 0 bridgehead atoms. The first-order valence-corrected chi connectivity index (χ1v) is 8.67. The molecule has 0 atom stereocenters. The van der Waals surface area contributed by atoms with Crippen LogP contribution in [0.1, 0.15) is 17.2 Å². The molecule has 0 aliphatic heterocycles. The highest BCUT2D eigenvalue weighted by Gasteiger charge is 2.23. The van der Waals surface area contributed by atoms with Crippen molar-refractivity contribution >= 4 is 21.8 Å². The highest BCUT2D eigenvalue weighted by Crippen LogP contribution is 2.18. The molecule has 8 heteroatoms. The Labute approximate surface area is 122 Å². The first kappa shape index (κ1) is 15.1. The predicted molar refractivity (Wildman–Crippen MR) is 76.0 cm³/mol. The van der Waals surface area contributed by atoms with Crippen molar-refractivity contribution in [3.63, 3.8) is 0 Å². The molecule has 2 heterocycles. The van der Waals surface area contributed by atoms with E-state index in [1.54, 1.807) is 31.9 Å². The standard InChI is InChI=1S/C12H16N2O4S2/c1-9-12(10(2)18-14-9)20(15,16)13-5-7-19-8-11-4-3-6-17-11/h3-4,6,13H,5,7-8H2,1-2H3. The summed E-state index contributed by atoms with van der Waals surface area (Å²) in [4.78, 5) is 0.133. The Bertz CT molecular complexity index is 628. The van der Waals surface area contributed by atoms with E-state index in [-0.39, 0.29) is 4.90 Å². The summed E-state index contributed by atoms with van der Waals surface area (Å²) in [6.07, 6.45) is 1.62. The molecular formula is C12H16N2O4S2. The molecule has 0 unspecified atom stereocenters. The van der Waals surface area contributed by atoms with Gasteiger partial charge < -0.3 is 8.94 Å². The van der Waals surface area contributed by atoms with E-state index in [0.717, 1.165) is 11.5 Å². The van der Waals surface area contributed by atoms with Gasteiger partial charge in [0, 0.05) is 12.3 Å². The Morgan fingerprint density at radius 2 is 2.20 bits per heavy atom. The average Bonchev–Trinajstić information content (AvgIpc) is 2.99. The van der Waals surface area contributed by atoms with Gasteiger partial charge in [-0.2, -0.15) is 11.8 Å². The summed E-state index contributed by atoms with van der Waals surface area (Å²) >= 11 is 1.60. The quantitative estimate of drug-likeness (QED) is 0.787. The van der Waals surface area contributed by atoms with E-state index < -0.39 is 10.0 Å². The number of rotatable bonds is 7. The van der Waals surface area contributed by atoms with Gasteiger partial charge in [-0.05, 0) is 26.0 Å². The molecule has 0 radical (unpaired) electrons. The Morgan fingerprint density at radius 1 is 1.40 bits per heavy atom. The zero-order chi connectivity index (χ0) is 14.6. The lowest BCUT2D eigenvalue weighted by atomic mass is 10.4. The Balaban J connectivity index is 1.81. The van der Waals surface area contributed by atoms with Crippen LogP contribution in [0.4, 0.5) is 0 Å². The molecule has 20 heavy (non-hydrogen) atoms. The van der Waals surface area contributed by atoms with Crippen molar-refractivity contribution in [1.82, 2.24) is 9.88 Å². The highest BCUT2D eigenvalue weighted by atomic mass is 32.2. The van der Waals surface area contributed by atoms with Crippen molar-refractivity contribution in [1.29, 1.82) is 0 Å². The van der Waals surface area contributed by atoms with E-state index in [4.69, 9.17) is 8.94 Å². The molecule has 0 amide bonds. The molecular weight excluding hydrogens is 300 g/mol. The lowest BCUT2D eigenvalue weighted by Gasteiger charge is -2.05. The molecule has 0 spiro atoms. The smallest absolute Gasteiger partial charge is 0.245 e. The number of furan rings is 1. The minimum absolute atomic E-state index is 0.133. The van der Waals surface area contributed by atoms with Crippen molar-refractivity contribution in [2.24, 2.45) is 0 Å². The fourth-order valence-electron chi connectivity index (χ4n) is 1.75. The lowest BCUT2D eigenvalue weighted by molar-refractivity contribution is 0.390. The van der Waals surface area contributed by atoms with E-state index in [0.29, 0.717) is 23.8 Å². The van der Waals surface area contributed by atoms with Crippen LogP contribution in [0.3, 0.4) is 0 Å². The zero-order valence-electron chi connectivity index (χ0n) is 11.3. The van der Waals surface area contributed by atoms with Crippen LogP contribution in [0.25, 0.3) is 0 Å². The molecule has 6 nitrogen and oxygen atoms in total. The van der Waals surface area contributed by atoms with Crippen LogP contribution in [0.2, 0.25) is 0 Å².